The van der Waals surface area contributed by atoms with Gasteiger partial charge in [0, 0.05) is 11.8 Å². The van der Waals surface area contributed by atoms with Gasteiger partial charge in [-0.05, 0) is 41.8 Å². The van der Waals surface area contributed by atoms with Crippen molar-refractivity contribution >= 4 is 14.5 Å². The maximum atomic E-state index is 13.7. The monoisotopic (exact) mass is 350 g/mol. The van der Waals surface area contributed by atoms with Crippen molar-refractivity contribution in [3.63, 3.8) is 0 Å². The van der Waals surface area contributed by atoms with Crippen LogP contribution in [0, 0.1) is 0 Å². The average molecular weight is 350 g/mol. The Kier molecular flexibility index (Phi) is 6.74. The topological polar surface area (TPSA) is 20.2 Å². The van der Waals surface area contributed by atoms with Crippen LogP contribution in [0.5, 0.6) is 0 Å². The molecule has 0 amide bonds. The molecule has 0 aromatic heterocycles. The van der Waals surface area contributed by atoms with Gasteiger partial charge < -0.3 is 5.11 Å². The van der Waals surface area contributed by atoms with Gasteiger partial charge in [-0.3, -0.25) is 0 Å². The zero-order chi connectivity index (χ0) is 17.6. The standard InChI is InChI=1S/C20H25F2OP/c1-2-20(13-12-16(22)14-21,18-8-3-4-9-19(18)24)15-6-5-7-17(23)11-10-15/h3-6,8-11,16,23H,2,7,12-14,24H2,1H3. The summed E-state index contributed by atoms with van der Waals surface area (Å²) in [6, 6.07) is 8.01. The number of allylic oxidation sites excluding steroid dienone is 5. The van der Waals surface area contributed by atoms with Crippen LogP contribution in [0.1, 0.15) is 38.2 Å². The average Bonchev–Trinajstić information content (AvgIpc) is 2.82. The second-order valence-electron chi connectivity index (χ2n) is 6.20. The van der Waals surface area contributed by atoms with Gasteiger partial charge in [0.25, 0.3) is 0 Å². The van der Waals surface area contributed by atoms with E-state index in [4.69, 9.17) is 0 Å². The third kappa shape index (κ3) is 4.13. The quantitative estimate of drug-likeness (QED) is 0.666. The lowest BCUT2D eigenvalue weighted by atomic mass is 9.68. The summed E-state index contributed by atoms with van der Waals surface area (Å²) in [7, 11) is 2.74. The van der Waals surface area contributed by atoms with E-state index in [1.54, 1.807) is 6.08 Å². The molecule has 2 rings (SSSR count). The first-order chi connectivity index (χ1) is 11.5. The van der Waals surface area contributed by atoms with Crippen molar-refractivity contribution in [2.24, 2.45) is 0 Å². The molecular weight excluding hydrogens is 325 g/mol. The molecule has 1 aromatic carbocycles. The number of aliphatic hydroxyl groups excluding tert-OH is 1. The summed E-state index contributed by atoms with van der Waals surface area (Å²) >= 11 is 0. The van der Waals surface area contributed by atoms with E-state index in [2.05, 4.69) is 22.2 Å². The molecule has 0 saturated heterocycles. The zero-order valence-electron chi connectivity index (χ0n) is 14.0. The van der Waals surface area contributed by atoms with E-state index in [0.717, 1.165) is 22.9 Å². The number of aliphatic hydroxyl groups is 1. The van der Waals surface area contributed by atoms with Crippen molar-refractivity contribution in [2.75, 3.05) is 6.67 Å². The third-order valence-corrected chi connectivity index (χ3v) is 5.27. The molecule has 4 heteroatoms. The number of benzene rings is 1. The number of hydrogen-bond donors (Lipinski definition) is 1. The minimum atomic E-state index is -1.44. The highest BCUT2D eigenvalue weighted by atomic mass is 31.0. The first kappa shape index (κ1) is 18.9. The highest BCUT2D eigenvalue weighted by Crippen LogP contribution is 2.42. The molecule has 0 radical (unpaired) electrons. The molecule has 1 aliphatic carbocycles. The fourth-order valence-electron chi connectivity index (χ4n) is 3.35. The Morgan fingerprint density at radius 3 is 2.71 bits per heavy atom. The van der Waals surface area contributed by atoms with Crippen LogP contribution in [0.25, 0.3) is 0 Å². The summed E-state index contributed by atoms with van der Waals surface area (Å²) < 4.78 is 26.3. The number of hydrogen-bond acceptors (Lipinski definition) is 1. The number of rotatable bonds is 7. The molecular formula is C20H25F2OP. The Hall–Kier alpha value is -1.47. The minimum absolute atomic E-state index is 0.171. The summed E-state index contributed by atoms with van der Waals surface area (Å²) in [6.07, 6.45) is 8.03. The molecule has 0 fully saturated rings. The van der Waals surface area contributed by atoms with Gasteiger partial charge in [0.15, 0.2) is 0 Å². The number of alkyl halides is 2. The van der Waals surface area contributed by atoms with E-state index in [-0.39, 0.29) is 6.42 Å². The molecule has 24 heavy (non-hydrogen) atoms. The second kappa shape index (κ2) is 8.58. The van der Waals surface area contributed by atoms with Crippen LogP contribution in [0.4, 0.5) is 8.78 Å². The summed E-state index contributed by atoms with van der Waals surface area (Å²) in [5.41, 5.74) is 1.72. The van der Waals surface area contributed by atoms with Gasteiger partial charge in [0.05, 0.1) is 5.76 Å². The van der Waals surface area contributed by atoms with Crippen LogP contribution in [0.2, 0.25) is 0 Å². The Bertz CT molecular complexity index is 651. The molecule has 0 saturated carbocycles. The van der Waals surface area contributed by atoms with E-state index in [1.807, 2.05) is 36.4 Å². The lowest BCUT2D eigenvalue weighted by Crippen LogP contribution is -2.32. The Morgan fingerprint density at radius 1 is 1.29 bits per heavy atom. The van der Waals surface area contributed by atoms with Gasteiger partial charge in [-0.25, -0.2) is 8.78 Å². The molecule has 1 nitrogen and oxygen atoms in total. The van der Waals surface area contributed by atoms with E-state index in [1.165, 1.54) is 0 Å². The van der Waals surface area contributed by atoms with Crippen LogP contribution in [0.15, 0.2) is 59.9 Å². The fourth-order valence-corrected chi connectivity index (χ4v) is 3.84. The lowest BCUT2D eigenvalue weighted by molar-refractivity contribution is 0.228. The maximum Gasteiger partial charge on any atom is 0.128 e. The van der Waals surface area contributed by atoms with Crippen molar-refractivity contribution in [3.05, 3.63) is 65.5 Å². The molecule has 3 atom stereocenters. The van der Waals surface area contributed by atoms with E-state index in [9.17, 15) is 13.9 Å². The first-order valence-electron chi connectivity index (χ1n) is 8.35. The van der Waals surface area contributed by atoms with Crippen molar-refractivity contribution in [1.29, 1.82) is 0 Å². The fraction of sp³-hybridized carbons (Fsp3) is 0.400. The van der Waals surface area contributed by atoms with E-state index in [0.29, 0.717) is 18.6 Å². The molecule has 1 aliphatic rings. The van der Waals surface area contributed by atoms with Crippen molar-refractivity contribution in [3.8, 4) is 0 Å². The molecule has 0 aliphatic heterocycles. The Morgan fingerprint density at radius 2 is 2.04 bits per heavy atom. The number of halogens is 2. The lowest BCUT2D eigenvalue weighted by Gasteiger charge is -2.36. The van der Waals surface area contributed by atoms with E-state index < -0.39 is 18.3 Å². The molecule has 0 heterocycles. The summed E-state index contributed by atoms with van der Waals surface area (Å²) in [4.78, 5) is 0. The van der Waals surface area contributed by atoms with Gasteiger partial charge in [-0.2, -0.15) is 0 Å². The van der Waals surface area contributed by atoms with Crippen LogP contribution < -0.4 is 5.30 Å². The van der Waals surface area contributed by atoms with Gasteiger partial charge in [-0.1, -0.05) is 49.4 Å². The molecule has 3 unspecified atom stereocenters. The van der Waals surface area contributed by atoms with Gasteiger partial charge in [0.2, 0.25) is 0 Å². The molecule has 1 aromatic rings. The molecule has 0 bridgehead atoms. The summed E-state index contributed by atoms with van der Waals surface area (Å²) in [6.45, 7) is 1.13. The van der Waals surface area contributed by atoms with Gasteiger partial charge in [-0.15, -0.1) is 9.24 Å². The first-order valence-corrected chi connectivity index (χ1v) is 8.93. The van der Waals surface area contributed by atoms with Crippen molar-refractivity contribution < 1.29 is 13.9 Å². The van der Waals surface area contributed by atoms with Crippen LogP contribution in [0.3, 0.4) is 0 Å². The normalized spacial score (nSPS) is 18.3. The van der Waals surface area contributed by atoms with Gasteiger partial charge in [0.1, 0.15) is 12.8 Å². The van der Waals surface area contributed by atoms with Gasteiger partial charge >= 0.3 is 0 Å². The minimum Gasteiger partial charge on any atom is -0.512 e. The largest absolute Gasteiger partial charge is 0.512 e. The van der Waals surface area contributed by atoms with Crippen LogP contribution >= 0.6 is 9.24 Å². The Labute approximate surface area is 145 Å². The molecule has 0 spiro atoms. The highest BCUT2D eigenvalue weighted by Gasteiger charge is 2.35. The summed E-state index contributed by atoms with van der Waals surface area (Å²) in [5.74, 6) is 0.303. The van der Waals surface area contributed by atoms with Crippen LogP contribution in [-0.2, 0) is 5.41 Å². The van der Waals surface area contributed by atoms with Crippen LogP contribution in [-0.4, -0.2) is 18.0 Å². The highest BCUT2D eigenvalue weighted by molar-refractivity contribution is 7.27. The SMILES string of the molecule is CCC(CCC(F)CF)(C1=CC=C(O)CC=C1)c1ccccc1P. The third-order valence-electron chi connectivity index (χ3n) is 4.76. The van der Waals surface area contributed by atoms with Crippen molar-refractivity contribution in [1.82, 2.24) is 0 Å². The Balaban J connectivity index is 2.53. The smallest absolute Gasteiger partial charge is 0.128 e. The summed E-state index contributed by atoms with van der Waals surface area (Å²) in [5, 5.41) is 10.8. The zero-order valence-corrected chi connectivity index (χ0v) is 15.2. The predicted octanol–water partition coefficient (Wildman–Crippen LogP) is 5.25. The van der Waals surface area contributed by atoms with Crippen molar-refractivity contribution in [2.45, 2.75) is 44.2 Å². The second-order valence-corrected chi connectivity index (χ2v) is 6.82. The maximum absolute atomic E-state index is 13.7. The predicted molar refractivity (Wildman–Crippen MR) is 100 cm³/mol. The molecule has 1 N–H and O–H groups in total. The van der Waals surface area contributed by atoms with E-state index >= 15 is 0 Å². The molecule has 130 valence electrons.